The molecule has 1 atom stereocenters. The number of halogens is 4. The van der Waals surface area contributed by atoms with Gasteiger partial charge in [-0.25, -0.2) is 9.97 Å². The Kier molecular flexibility index (Phi) is 5.86. The predicted octanol–water partition coefficient (Wildman–Crippen LogP) is 5.27. The van der Waals surface area contributed by atoms with Gasteiger partial charge in [-0.2, -0.15) is 13.2 Å². The SMILES string of the molecule is Cc1c(NCC(O)c2ccccc2)ncnc1-c1ccc(C(F)(F)F)c(Cl)c1. The third-order valence-corrected chi connectivity index (χ3v) is 4.59. The molecule has 0 saturated heterocycles. The van der Waals surface area contributed by atoms with Crippen molar-refractivity contribution in [3.63, 3.8) is 0 Å². The highest BCUT2D eigenvalue weighted by Gasteiger charge is 2.33. The molecule has 0 aliphatic carbocycles. The number of aliphatic hydroxyl groups excluding tert-OH is 1. The molecule has 2 N–H and O–H groups in total. The highest BCUT2D eigenvalue weighted by atomic mass is 35.5. The number of aromatic nitrogens is 2. The molecule has 0 bridgehead atoms. The van der Waals surface area contributed by atoms with Gasteiger partial charge in [0, 0.05) is 17.7 Å². The van der Waals surface area contributed by atoms with Crippen molar-refractivity contribution in [1.82, 2.24) is 9.97 Å². The Bertz CT molecular complexity index is 965. The molecule has 1 unspecified atom stereocenters. The van der Waals surface area contributed by atoms with Gasteiger partial charge in [-0.3, -0.25) is 0 Å². The maximum absolute atomic E-state index is 12.9. The van der Waals surface area contributed by atoms with E-state index in [0.29, 0.717) is 22.6 Å². The Morgan fingerprint density at radius 2 is 1.82 bits per heavy atom. The van der Waals surface area contributed by atoms with Crippen molar-refractivity contribution in [2.45, 2.75) is 19.2 Å². The van der Waals surface area contributed by atoms with Crippen LogP contribution >= 0.6 is 11.6 Å². The van der Waals surface area contributed by atoms with Crippen molar-refractivity contribution < 1.29 is 18.3 Å². The quantitative estimate of drug-likeness (QED) is 0.605. The van der Waals surface area contributed by atoms with Gasteiger partial charge in [0.05, 0.1) is 22.4 Å². The maximum atomic E-state index is 12.9. The Balaban J connectivity index is 1.82. The van der Waals surface area contributed by atoms with Gasteiger partial charge in [-0.1, -0.05) is 48.0 Å². The first-order chi connectivity index (χ1) is 13.3. The van der Waals surface area contributed by atoms with E-state index in [1.54, 1.807) is 6.92 Å². The fourth-order valence-electron chi connectivity index (χ4n) is 2.80. The molecule has 2 aromatic carbocycles. The van der Waals surface area contributed by atoms with E-state index in [4.69, 9.17) is 11.6 Å². The minimum absolute atomic E-state index is 0.217. The van der Waals surface area contributed by atoms with Crippen molar-refractivity contribution >= 4 is 17.4 Å². The summed E-state index contributed by atoms with van der Waals surface area (Å²) in [6.07, 6.45) is -3.94. The summed E-state index contributed by atoms with van der Waals surface area (Å²) in [5.41, 5.74) is 1.41. The number of nitrogens with one attached hydrogen (secondary N) is 1. The van der Waals surface area contributed by atoms with Crippen molar-refractivity contribution in [3.8, 4) is 11.3 Å². The van der Waals surface area contributed by atoms with Gasteiger partial charge in [0.2, 0.25) is 0 Å². The minimum atomic E-state index is -4.52. The van der Waals surface area contributed by atoms with Gasteiger partial charge < -0.3 is 10.4 Å². The number of benzene rings is 2. The van der Waals surface area contributed by atoms with Gasteiger partial charge in [-0.15, -0.1) is 0 Å². The molecule has 146 valence electrons. The second-order valence-corrected chi connectivity index (χ2v) is 6.60. The van der Waals surface area contributed by atoms with E-state index in [1.165, 1.54) is 18.5 Å². The number of hydrogen-bond donors (Lipinski definition) is 2. The molecule has 1 aromatic heterocycles. The van der Waals surface area contributed by atoms with Gasteiger partial charge in [0.25, 0.3) is 0 Å². The lowest BCUT2D eigenvalue weighted by molar-refractivity contribution is -0.137. The molecule has 8 heteroatoms. The molecule has 0 radical (unpaired) electrons. The lowest BCUT2D eigenvalue weighted by Crippen LogP contribution is -2.14. The number of nitrogens with zero attached hydrogens (tertiary/aromatic N) is 2. The zero-order valence-corrected chi connectivity index (χ0v) is 15.6. The van der Waals surface area contributed by atoms with Gasteiger partial charge >= 0.3 is 6.18 Å². The van der Waals surface area contributed by atoms with Crippen LogP contribution in [0.5, 0.6) is 0 Å². The van der Waals surface area contributed by atoms with Crippen LogP contribution in [0.4, 0.5) is 19.0 Å². The van der Waals surface area contributed by atoms with Crippen molar-refractivity contribution in [2.75, 3.05) is 11.9 Å². The van der Waals surface area contributed by atoms with Crippen LogP contribution in [0.3, 0.4) is 0 Å². The highest BCUT2D eigenvalue weighted by Crippen LogP contribution is 2.37. The smallest absolute Gasteiger partial charge is 0.387 e. The van der Waals surface area contributed by atoms with Crippen LogP contribution in [0.1, 0.15) is 22.8 Å². The highest BCUT2D eigenvalue weighted by molar-refractivity contribution is 6.31. The molecule has 0 saturated carbocycles. The first kappa shape index (κ1) is 20.1. The number of rotatable bonds is 5. The summed E-state index contributed by atoms with van der Waals surface area (Å²) in [6.45, 7) is 1.97. The summed E-state index contributed by atoms with van der Waals surface area (Å²) in [6, 6.07) is 12.7. The standard InChI is InChI=1S/C20H17ClF3N3O/c1-12-18(14-7-8-15(16(21)9-14)20(22,23)24)26-11-27-19(12)25-10-17(28)13-5-3-2-4-6-13/h2-9,11,17,28H,10H2,1H3,(H,25,26,27). The van der Waals surface area contributed by atoms with Gasteiger partial charge in [-0.05, 0) is 24.6 Å². The average Bonchev–Trinajstić information content (AvgIpc) is 2.66. The molecule has 0 aliphatic rings. The van der Waals surface area contributed by atoms with Crippen LogP contribution in [-0.2, 0) is 6.18 Å². The molecule has 3 aromatic rings. The van der Waals surface area contributed by atoms with Crippen LogP contribution in [0.15, 0.2) is 54.9 Å². The van der Waals surface area contributed by atoms with Crippen LogP contribution in [0, 0.1) is 6.92 Å². The predicted molar refractivity (Wildman–Crippen MR) is 102 cm³/mol. The third-order valence-electron chi connectivity index (χ3n) is 4.28. The molecule has 0 spiro atoms. The van der Waals surface area contributed by atoms with Crippen LogP contribution in [0.25, 0.3) is 11.3 Å². The van der Waals surface area contributed by atoms with Crippen LogP contribution < -0.4 is 5.32 Å². The lowest BCUT2D eigenvalue weighted by Gasteiger charge is -2.16. The second-order valence-electron chi connectivity index (χ2n) is 6.20. The normalized spacial score (nSPS) is 12.6. The maximum Gasteiger partial charge on any atom is 0.417 e. The largest absolute Gasteiger partial charge is 0.417 e. The van der Waals surface area contributed by atoms with Crippen molar-refractivity contribution in [3.05, 3.63) is 76.6 Å². The molecule has 4 nitrogen and oxygen atoms in total. The number of hydrogen-bond acceptors (Lipinski definition) is 4. The van der Waals surface area contributed by atoms with Crippen LogP contribution in [-0.4, -0.2) is 21.6 Å². The average molecular weight is 408 g/mol. The number of alkyl halides is 3. The van der Waals surface area contributed by atoms with Crippen molar-refractivity contribution in [2.24, 2.45) is 0 Å². The number of aliphatic hydroxyl groups is 1. The molecule has 0 aliphatic heterocycles. The first-order valence-electron chi connectivity index (χ1n) is 8.43. The van der Waals surface area contributed by atoms with Gasteiger partial charge in [0.15, 0.2) is 0 Å². The van der Waals surface area contributed by atoms with E-state index >= 15 is 0 Å². The number of anilines is 1. The van der Waals surface area contributed by atoms with Crippen LogP contribution in [0.2, 0.25) is 5.02 Å². The zero-order valence-electron chi connectivity index (χ0n) is 14.8. The summed E-state index contributed by atoms with van der Waals surface area (Å²) >= 11 is 5.81. The Morgan fingerprint density at radius 3 is 2.46 bits per heavy atom. The van der Waals surface area contributed by atoms with E-state index in [2.05, 4.69) is 15.3 Å². The summed E-state index contributed by atoms with van der Waals surface area (Å²) in [5.74, 6) is 0.482. The summed E-state index contributed by atoms with van der Waals surface area (Å²) < 4.78 is 38.7. The third kappa shape index (κ3) is 4.43. The fourth-order valence-corrected chi connectivity index (χ4v) is 3.09. The van der Waals surface area contributed by atoms with E-state index in [9.17, 15) is 18.3 Å². The van der Waals surface area contributed by atoms with E-state index in [-0.39, 0.29) is 6.54 Å². The Hall–Kier alpha value is -2.64. The first-order valence-corrected chi connectivity index (χ1v) is 8.80. The molecule has 3 rings (SSSR count). The summed E-state index contributed by atoms with van der Waals surface area (Å²) in [5, 5.41) is 12.9. The van der Waals surface area contributed by atoms with E-state index in [0.717, 1.165) is 11.6 Å². The molecule has 28 heavy (non-hydrogen) atoms. The fraction of sp³-hybridized carbons (Fsp3) is 0.200. The monoisotopic (exact) mass is 407 g/mol. The molecule has 0 fully saturated rings. The summed E-state index contributed by atoms with van der Waals surface area (Å²) in [7, 11) is 0. The topological polar surface area (TPSA) is 58.0 Å². The molecule has 1 heterocycles. The lowest BCUT2D eigenvalue weighted by atomic mass is 10.0. The molecular weight excluding hydrogens is 391 g/mol. The molecular formula is C20H17ClF3N3O. The second kappa shape index (κ2) is 8.16. The summed E-state index contributed by atoms with van der Waals surface area (Å²) in [4.78, 5) is 8.34. The van der Waals surface area contributed by atoms with Gasteiger partial charge in [0.1, 0.15) is 12.1 Å². The van der Waals surface area contributed by atoms with Crippen molar-refractivity contribution in [1.29, 1.82) is 0 Å². The zero-order chi connectivity index (χ0) is 20.3. The van der Waals surface area contributed by atoms with E-state index < -0.39 is 22.9 Å². The Morgan fingerprint density at radius 1 is 1.11 bits per heavy atom. The van der Waals surface area contributed by atoms with E-state index in [1.807, 2.05) is 30.3 Å². The molecule has 0 amide bonds. The Labute approximate surface area is 165 Å². The minimum Gasteiger partial charge on any atom is -0.387 e.